The first-order chi connectivity index (χ1) is 8.99. The van der Waals surface area contributed by atoms with E-state index >= 15 is 0 Å². The summed E-state index contributed by atoms with van der Waals surface area (Å²) in [6.45, 7) is 2.29. The number of benzene rings is 1. The average Bonchev–Trinajstić information content (AvgIpc) is 2.75. The molecule has 1 unspecified atom stereocenters. The molecule has 3 N–H and O–H groups in total. The van der Waals surface area contributed by atoms with Crippen LogP contribution < -0.4 is 10.5 Å². The molecule has 0 radical (unpaired) electrons. The predicted molar refractivity (Wildman–Crippen MR) is 75.2 cm³/mol. The number of nitrogens with zero attached hydrogens (tertiary/aromatic N) is 1. The third-order valence-electron chi connectivity index (χ3n) is 3.30. The van der Waals surface area contributed by atoms with Crippen LogP contribution in [0.15, 0.2) is 28.7 Å². The molecule has 6 heteroatoms. The molecule has 0 bridgehead atoms. The number of carboxylic acid groups (broad SMARTS) is 1. The van der Waals surface area contributed by atoms with Gasteiger partial charge in [0.05, 0.1) is 0 Å². The van der Waals surface area contributed by atoms with Crippen LogP contribution in [0.2, 0.25) is 0 Å². The zero-order valence-corrected chi connectivity index (χ0v) is 12.1. The van der Waals surface area contributed by atoms with Crippen molar-refractivity contribution in [1.82, 2.24) is 4.90 Å². The summed E-state index contributed by atoms with van der Waals surface area (Å²) in [5.74, 6) is -0.122. The van der Waals surface area contributed by atoms with E-state index < -0.39 is 11.5 Å². The summed E-state index contributed by atoms with van der Waals surface area (Å²) in [5, 5.41) is 9.03. The summed E-state index contributed by atoms with van der Waals surface area (Å²) in [5.41, 5.74) is 4.70. The second kappa shape index (κ2) is 5.90. The maximum absolute atomic E-state index is 11.0. The van der Waals surface area contributed by atoms with Crippen molar-refractivity contribution in [3.63, 3.8) is 0 Å². The van der Waals surface area contributed by atoms with Crippen LogP contribution in [0.3, 0.4) is 0 Å². The molecule has 1 atom stereocenters. The van der Waals surface area contributed by atoms with Crippen molar-refractivity contribution in [2.75, 3.05) is 26.2 Å². The lowest BCUT2D eigenvalue weighted by atomic mass is 10.0. The van der Waals surface area contributed by atoms with Gasteiger partial charge in [-0.15, -0.1) is 0 Å². The Balaban J connectivity index is 1.75. The summed E-state index contributed by atoms with van der Waals surface area (Å²) in [6, 6.07) is 7.61. The van der Waals surface area contributed by atoms with Crippen LogP contribution >= 0.6 is 15.9 Å². The van der Waals surface area contributed by atoms with E-state index in [1.165, 1.54) is 0 Å². The molecule has 2 rings (SSSR count). The first-order valence-corrected chi connectivity index (χ1v) is 6.92. The highest BCUT2D eigenvalue weighted by Gasteiger charge is 2.40. The molecule has 1 aliphatic rings. The van der Waals surface area contributed by atoms with Gasteiger partial charge in [0, 0.05) is 24.1 Å². The Morgan fingerprint density at radius 3 is 2.74 bits per heavy atom. The number of hydrogen-bond acceptors (Lipinski definition) is 4. The van der Waals surface area contributed by atoms with Gasteiger partial charge in [-0.05, 0) is 30.7 Å². The number of halogens is 1. The summed E-state index contributed by atoms with van der Waals surface area (Å²) >= 11 is 3.36. The minimum Gasteiger partial charge on any atom is -0.492 e. The summed E-state index contributed by atoms with van der Waals surface area (Å²) in [4.78, 5) is 13.0. The van der Waals surface area contributed by atoms with Gasteiger partial charge in [-0.1, -0.05) is 15.9 Å². The van der Waals surface area contributed by atoms with Gasteiger partial charge in [0.25, 0.3) is 0 Å². The predicted octanol–water partition coefficient (Wildman–Crippen LogP) is 1.32. The minimum atomic E-state index is -1.10. The van der Waals surface area contributed by atoms with Crippen LogP contribution in [0.4, 0.5) is 0 Å². The first kappa shape index (κ1) is 14.3. The Bertz CT molecular complexity index is 452. The molecule has 1 aliphatic heterocycles. The molecule has 1 heterocycles. The van der Waals surface area contributed by atoms with Crippen molar-refractivity contribution in [1.29, 1.82) is 0 Å². The van der Waals surface area contributed by atoms with Crippen LogP contribution in [0.25, 0.3) is 0 Å². The lowest BCUT2D eigenvalue weighted by Gasteiger charge is -2.20. The number of hydrogen-bond donors (Lipinski definition) is 2. The fourth-order valence-electron chi connectivity index (χ4n) is 2.10. The van der Waals surface area contributed by atoms with Crippen LogP contribution in [0.1, 0.15) is 6.42 Å². The molecule has 1 saturated heterocycles. The molecule has 0 aliphatic carbocycles. The number of likely N-dealkylation sites (tertiary alicyclic amines) is 1. The van der Waals surface area contributed by atoms with Crippen molar-refractivity contribution in [2.24, 2.45) is 5.73 Å². The third kappa shape index (κ3) is 3.68. The molecule has 104 valence electrons. The van der Waals surface area contributed by atoms with E-state index in [0.717, 1.165) is 10.2 Å². The molecule has 5 nitrogen and oxygen atoms in total. The van der Waals surface area contributed by atoms with E-state index in [9.17, 15) is 4.79 Å². The average molecular weight is 329 g/mol. The van der Waals surface area contributed by atoms with Gasteiger partial charge in [-0.2, -0.15) is 0 Å². The Labute approximate surface area is 120 Å². The van der Waals surface area contributed by atoms with Crippen LogP contribution in [-0.4, -0.2) is 47.8 Å². The maximum atomic E-state index is 11.0. The number of carboxylic acids is 1. The van der Waals surface area contributed by atoms with Crippen LogP contribution in [-0.2, 0) is 4.79 Å². The van der Waals surface area contributed by atoms with Gasteiger partial charge >= 0.3 is 5.97 Å². The highest BCUT2D eigenvalue weighted by molar-refractivity contribution is 9.10. The van der Waals surface area contributed by atoms with Gasteiger partial charge in [0.1, 0.15) is 17.9 Å². The van der Waals surface area contributed by atoms with Crippen molar-refractivity contribution in [3.8, 4) is 5.75 Å². The first-order valence-electron chi connectivity index (χ1n) is 6.13. The van der Waals surface area contributed by atoms with Crippen molar-refractivity contribution < 1.29 is 14.6 Å². The Morgan fingerprint density at radius 1 is 1.47 bits per heavy atom. The van der Waals surface area contributed by atoms with Gasteiger partial charge in [-0.25, -0.2) is 0 Å². The number of rotatable bonds is 5. The van der Waals surface area contributed by atoms with E-state index in [4.69, 9.17) is 15.6 Å². The fraction of sp³-hybridized carbons (Fsp3) is 0.462. The molecular weight excluding hydrogens is 312 g/mol. The maximum Gasteiger partial charge on any atom is 0.325 e. The molecule has 0 amide bonds. The topological polar surface area (TPSA) is 75.8 Å². The quantitative estimate of drug-likeness (QED) is 0.852. The van der Waals surface area contributed by atoms with Crippen molar-refractivity contribution >= 4 is 21.9 Å². The van der Waals surface area contributed by atoms with Gasteiger partial charge in [0.15, 0.2) is 0 Å². The third-order valence-corrected chi connectivity index (χ3v) is 3.82. The molecule has 0 saturated carbocycles. The number of ether oxygens (including phenoxy) is 1. The summed E-state index contributed by atoms with van der Waals surface area (Å²) in [6.07, 6.45) is 0.487. The smallest absolute Gasteiger partial charge is 0.325 e. The van der Waals surface area contributed by atoms with Crippen LogP contribution in [0.5, 0.6) is 5.75 Å². The van der Waals surface area contributed by atoms with E-state index in [-0.39, 0.29) is 0 Å². The number of aliphatic carboxylic acids is 1. The lowest BCUT2D eigenvalue weighted by Crippen LogP contribution is -2.50. The summed E-state index contributed by atoms with van der Waals surface area (Å²) in [7, 11) is 0. The van der Waals surface area contributed by atoms with E-state index in [2.05, 4.69) is 15.9 Å². The monoisotopic (exact) mass is 328 g/mol. The van der Waals surface area contributed by atoms with E-state index in [1.807, 2.05) is 29.2 Å². The second-order valence-electron chi connectivity index (χ2n) is 4.79. The second-order valence-corrected chi connectivity index (χ2v) is 5.71. The molecular formula is C13H17BrN2O3. The minimum absolute atomic E-state index is 0.381. The summed E-state index contributed by atoms with van der Waals surface area (Å²) < 4.78 is 6.61. The van der Waals surface area contributed by atoms with Gasteiger partial charge in [-0.3, -0.25) is 9.69 Å². The normalized spacial score (nSPS) is 23.5. The fourth-order valence-corrected chi connectivity index (χ4v) is 2.37. The molecule has 0 spiro atoms. The Kier molecular flexibility index (Phi) is 4.44. The van der Waals surface area contributed by atoms with E-state index in [0.29, 0.717) is 32.7 Å². The van der Waals surface area contributed by atoms with Gasteiger partial charge < -0.3 is 15.6 Å². The Hall–Kier alpha value is -1.11. The Morgan fingerprint density at radius 2 is 2.16 bits per heavy atom. The number of carbonyl (C=O) groups is 1. The zero-order valence-electron chi connectivity index (χ0n) is 10.5. The van der Waals surface area contributed by atoms with Gasteiger partial charge in [0.2, 0.25) is 0 Å². The SMILES string of the molecule is NC1(C(=O)O)CCN(CCOc2ccc(Br)cc2)C1. The van der Waals surface area contributed by atoms with Crippen molar-refractivity contribution in [3.05, 3.63) is 28.7 Å². The standard InChI is InChI=1S/C13H17BrN2O3/c14-10-1-3-11(4-2-10)19-8-7-16-6-5-13(15,9-16)12(17)18/h1-4H,5-9,15H2,(H,17,18). The van der Waals surface area contributed by atoms with E-state index in [1.54, 1.807) is 0 Å². The molecule has 19 heavy (non-hydrogen) atoms. The highest BCUT2D eigenvalue weighted by Crippen LogP contribution is 2.19. The molecule has 1 fully saturated rings. The van der Waals surface area contributed by atoms with Crippen LogP contribution in [0, 0.1) is 0 Å². The van der Waals surface area contributed by atoms with Crippen molar-refractivity contribution in [2.45, 2.75) is 12.0 Å². The molecule has 1 aromatic rings. The molecule has 1 aromatic carbocycles. The lowest BCUT2D eigenvalue weighted by molar-refractivity contribution is -0.142. The largest absolute Gasteiger partial charge is 0.492 e. The molecule has 0 aromatic heterocycles. The zero-order chi connectivity index (χ0) is 13.9. The number of nitrogens with two attached hydrogens (primary N) is 1. The highest BCUT2D eigenvalue weighted by atomic mass is 79.9.